The van der Waals surface area contributed by atoms with Gasteiger partial charge in [0.2, 0.25) is 0 Å². The van der Waals surface area contributed by atoms with E-state index >= 15 is 0 Å². The second kappa shape index (κ2) is 8.18. The molecule has 31 heavy (non-hydrogen) atoms. The molecule has 4 heterocycles. The molecular formula is C24H23N5O2. The Morgan fingerprint density at radius 2 is 1.90 bits per heavy atom. The van der Waals surface area contributed by atoms with Crippen molar-refractivity contribution in [1.29, 1.82) is 0 Å². The third-order valence-corrected chi connectivity index (χ3v) is 5.38. The van der Waals surface area contributed by atoms with Gasteiger partial charge in [-0.25, -0.2) is 15.0 Å². The van der Waals surface area contributed by atoms with Crippen LogP contribution in [0.2, 0.25) is 0 Å². The molecule has 0 aliphatic carbocycles. The van der Waals surface area contributed by atoms with Crippen LogP contribution in [0.5, 0.6) is 11.6 Å². The van der Waals surface area contributed by atoms with Crippen molar-refractivity contribution in [2.24, 2.45) is 0 Å². The average Bonchev–Trinajstić information content (AvgIpc) is 2.82. The largest absolute Gasteiger partial charge is 0.484 e. The van der Waals surface area contributed by atoms with Gasteiger partial charge in [0.05, 0.1) is 11.2 Å². The minimum atomic E-state index is 0.187. The van der Waals surface area contributed by atoms with E-state index in [1.165, 1.54) is 0 Å². The van der Waals surface area contributed by atoms with Gasteiger partial charge in [-0.15, -0.1) is 0 Å². The Kier molecular flexibility index (Phi) is 5.08. The van der Waals surface area contributed by atoms with Gasteiger partial charge in [0.1, 0.15) is 25.4 Å². The summed E-state index contributed by atoms with van der Waals surface area (Å²) < 4.78 is 11.4. The van der Waals surface area contributed by atoms with Crippen LogP contribution in [-0.2, 0) is 0 Å². The zero-order chi connectivity index (χ0) is 21.2. The Hall–Kier alpha value is -3.74. The summed E-state index contributed by atoms with van der Waals surface area (Å²) in [4.78, 5) is 17.7. The molecule has 1 aliphatic rings. The number of aromatic nitrogens is 4. The van der Waals surface area contributed by atoms with E-state index in [4.69, 9.17) is 9.47 Å². The maximum atomic E-state index is 5.80. The molecule has 1 unspecified atom stereocenters. The third-order valence-electron chi connectivity index (χ3n) is 5.38. The Morgan fingerprint density at radius 3 is 2.84 bits per heavy atom. The highest BCUT2D eigenvalue weighted by atomic mass is 16.6. The molecule has 0 bridgehead atoms. The van der Waals surface area contributed by atoms with Crippen molar-refractivity contribution in [3.8, 4) is 22.9 Å². The number of nitrogens with zero attached hydrogens (tertiary/aromatic N) is 4. The van der Waals surface area contributed by atoms with E-state index in [-0.39, 0.29) is 5.92 Å². The fourth-order valence-electron chi connectivity index (χ4n) is 3.73. The molecule has 0 radical (unpaired) electrons. The zero-order valence-corrected chi connectivity index (χ0v) is 17.5. The summed E-state index contributed by atoms with van der Waals surface area (Å²) in [6.45, 7) is 5.90. The Balaban J connectivity index is 1.34. The van der Waals surface area contributed by atoms with Crippen LogP contribution in [0, 0.1) is 6.92 Å². The first-order chi connectivity index (χ1) is 15.2. The van der Waals surface area contributed by atoms with E-state index in [2.05, 4.69) is 44.3 Å². The van der Waals surface area contributed by atoms with Crippen molar-refractivity contribution in [2.45, 2.75) is 19.8 Å². The molecular weight excluding hydrogens is 390 g/mol. The molecule has 0 saturated heterocycles. The number of hydrogen-bond acceptors (Lipinski definition) is 7. The third kappa shape index (κ3) is 3.99. The van der Waals surface area contributed by atoms with E-state index in [0.717, 1.165) is 45.0 Å². The number of benzene rings is 1. The van der Waals surface area contributed by atoms with Crippen LogP contribution in [0.15, 0.2) is 55.0 Å². The topological polar surface area (TPSA) is 82.1 Å². The number of ether oxygens (including phenoxy) is 2. The second-order valence-electron chi connectivity index (χ2n) is 7.66. The van der Waals surface area contributed by atoms with Gasteiger partial charge in [0.25, 0.3) is 5.88 Å². The molecule has 1 aromatic carbocycles. The van der Waals surface area contributed by atoms with Crippen LogP contribution in [0.25, 0.3) is 22.2 Å². The van der Waals surface area contributed by atoms with Crippen LogP contribution < -0.4 is 14.8 Å². The van der Waals surface area contributed by atoms with Crippen molar-refractivity contribution in [1.82, 2.24) is 19.9 Å². The summed E-state index contributed by atoms with van der Waals surface area (Å²) in [5, 5.41) is 4.52. The first-order valence-electron chi connectivity index (χ1n) is 10.4. The van der Waals surface area contributed by atoms with Crippen LogP contribution in [0.3, 0.4) is 0 Å². The van der Waals surface area contributed by atoms with Gasteiger partial charge < -0.3 is 14.8 Å². The number of aryl methyl sites for hydroxylation is 1. The number of nitrogens with one attached hydrogen (secondary N) is 1. The summed E-state index contributed by atoms with van der Waals surface area (Å²) in [7, 11) is 0. The molecule has 1 N–H and O–H groups in total. The van der Waals surface area contributed by atoms with Crippen molar-refractivity contribution in [3.05, 3.63) is 66.2 Å². The maximum absolute atomic E-state index is 5.80. The predicted octanol–water partition coefficient (Wildman–Crippen LogP) is 4.38. The lowest BCUT2D eigenvalue weighted by Gasteiger charge is -2.22. The zero-order valence-electron chi connectivity index (χ0n) is 17.5. The molecule has 156 valence electrons. The molecule has 0 saturated carbocycles. The van der Waals surface area contributed by atoms with Gasteiger partial charge in [-0.05, 0) is 31.2 Å². The molecule has 3 aromatic heterocycles. The molecule has 0 spiro atoms. The van der Waals surface area contributed by atoms with E-state index in [0.29, 0.717) is 25.6 Å². The average molecular weight is 413 g/mol. The summed E-state index contributed by atoms with van der Waals surface area (Å²) in [5.41, 5.74) is 4.96. The normalized spacial score (nSPS) is 13.7. The van der Waals surface area contributed by atoms with Crippen molar-refractivity contribution >= 4 is 16.7 Å². The first-order valence-corrected chi connectivity index (χ1v) is 10.4. The Morgan fingerprint density at radius 1 is 1.00 bits per heavy atom. The minimum Gasteiger partial charge on any atom is -0.484 e. The first kappa shape index (κ1) is 19.2. The van der Waals surface area contributed by atoms with Gasteiger partial charge in [-0.3, -0.25) is 4.98 Å². The Bertz CT molecular complexity index is 1240. The van der Waals surface area contributed by atoms with E-state index in [1.54, 1.807) is 12.5 Å². The van der Waals surface area contributed by atoms with Gasteiger partial charge in [0, 0.05) is 46.9 Å². The van der Waals surface area contributed by atoms with Crippen molar-refractivity contribution in [2.75, 3.05) is 25.1 Å². The SMILES string of the molecule is Cc1ccc2cc(-c3cc(NCC(C)c4ccnc5c4OCCO5)ncn3)ccc2n1. The fraction of sp³-hybridized carbons (Fsp3) is 0.250. The Labute approximate surface area is 180 Å². The molecule has 0 amide bonds. The lowest BCUT2D eigenvalue weighted by Crippen LogP contribution is -2.19. The summed E-state index contributed by atoms with van der Waals surface area (Å²) in [6, 6.07) is 14.2. The van der Waals surface area contributed by atoms with Crippen LogP contribution in [0.4, 0.5) is 5.82 Å². The second-order valence-corrected chi connectivity index (χ2v) is 7.66. The number of fused-ring (bicyclic) bond motifs is 2. The number of pyridine rings is 2. The van der Waals surface area contributed by atoms with Crippen molar-refractivity contribution in [3.63, 3.8) is 0 Å². The van der Waals surface area contributed by atoms with E-state index in [9.17, 15) is 0 Å². The minimum absolute atomic E-state index is 0.187. The predicted molar refractivity (Wildman–Crippen MR) is 120 cm³/mol. The molecule has 4 aromatic rings. The van der Waals surface area contributed by atoms with E-state index < -0.39 is 0 Å². The lowest BCUT2D eigenvalue weighted by atomic mass is 10.0. The monoisotopic (exact) mass is 413 g/mol. The standard InChI is InChI=1S/C24H23N5O2/c1-15(19-7-8-25-24-23(19)30-9-10-31-24)13-26-22-12-21(27-14-28-22)18-5-6-20-17(11-18)4-3-16(2)29-20/h3-8,11-12,14-15H,9-10,13H2,1-2H3,(H,26,27,28). The number of rotatable bonds is 5. The highest BCUT2D eigenvalue weighted by molar-refractivity contribution is 5.84. The highest BCUT2D eigenvalue weighted by Crippen LogP contribution is 2.35. The van der Waals surface area contributed by atoms with E-state index in [1.807, 2.05) is 37.3 Å². The number of anilines is 1. The van der Waals surface area contributed by atoms with Gasteiger partial charge in [-0.1, -0.05) is 19.1 Å². The quantitative estimate of drug-likeness (QED) is 0.520. The molecule has 7 heteroatoms. The summed E-state index contributed by atoms with van der Waals surface area (Å²) >= 11 is 0. The van der Waals surface area contributed by atoms with Crippen LogP contribution >= 0.6 is 0 Å². The maximum Gasteiger partial charge on any atom is 0.257 e. The van der Waals surface area contributed by atoms with Crippen molar-refractivity contribution < 1.29 is 9.47 Å². The molecule has 1 aliphatic heterocycles. The van der Waals surface area contributed by atoms with Gasteiger partial charge in [-0.2, -0.15) is 0 Å². The summed E-state index contributed by atoms with van der Waals surface area (Å²) in [5.74, 6) is 2.28. The smallest absolute Gasteiger partial charge is 0.257 e. The lowest BCUT2D eigenvalue weighted by molar-refractivity contribution is 0.162. The van der Waals surface area contributed by atoms with Gasteiger partial charge in [0.15, 0.2) is 5.75 Å². The highest BCUT2D eigenvalue weighted by Gasteiger charge is 2.20. The van der Waals surface area contributed by atoms with Crippen LogP contribution in [-0.4, -0.2) is 39.7 Å². The fourth-order valence-corrected chi connectivity index (χ4v) is 3.73. The summed E-state index contributed by atoms with van der Waals surface area (Å²) in [6.07, 6.45) is 3.35. The molecule has 1 atom stereocenters. The molecule has 5 rings (SSSR count). The molecule has 7 nitrogen and oxygen atoms in total. The van der Waals surface area contributed by atoms with Gasteiger partial charge >= 0.3 is 0 Å². The number of hydrogen-bond donors (Lipinski definition) is 1. The van der Waals surface area contributed by atoms with Crippen LogP contribution in [0.1, 0.15) is 24.1 Å². The molecule has 0 fully saturated rings.